The van der Waals surface area contributed by atoms with Crippen molar-refractivity contribution in [3.05, 3.63) is 35.7 Å². The molecule has 82 valence electrons. The van der Waals surface area contributed by atoms with Gasteiger partial charge >= 0.3 is 0 Å². The van der Waals surface area contributed by atoms with Gasteiger partial charge in [0.25, 0.3) is 0 Å². The Morgan fingerprint density at radius 1 is 1.00 bits per heavy atom. The minimum atomic E-state index is 0.178. The van der Waals surface area contributed by atoms with E-state index in [4.69, 9.17) is 17.3 Å². The summed E-state index contributed by atoms with van der Waals surface area (Å²) in [5, 5.41) is 7.44. The molecule has 0 radical (unpaired) electrons. The van der Waals surface area contributed by atoms with Gasteiger partial charge in [-0.05, 0) is 23.8 Å². The van der Waals surface area contributed by atoms with Gasteiger partial charge in [-0.25, -0.2) is 4.68 Å². The van der Waals surface area contributed by atoms with Gasteiger partial charge in [0, 0.05) is 5.69 Å². The molecular weight excluding hydrogens is 204 g/mol. The van der Waals surface area contributed by atoms with E-state index in [0.29, 0.717) is 5.82 Å². The molecule has 0 fully saturated rings. The van der Waals surface area contributed by atoms with Crippen molar-refractivity contribution >= 4 is 23.8 Å². The summed E-state index contributed by atoms with van der Waals surface area (Å²) >= 11 is 0. The fraction of sp³-hybridized carbons (Fsp3) is 0. The maximum absolute atomic E-state index is 5.59. The quantitative estimate of drug-likeness (QED) is 0.495. The average Bonchev–Trinajstić information content (AvgIpc) is 2.60. The Morgan fingerprint density at radius 3 is 2.25 bits per heavy atom. The van der Waals surface area contributed by atoms with E-state index >= 15 is 0 Å². The predicted octanol–water partition coefficient (Wildman–Crippen LogP) is 0.327. The zero-order chi connectivity index (χ0) is 11.5. The smallest absolute Gasteiger partial charge is 0.241 e. The number of nitrogen functional groups attached to an aromatic ring is 3. The van der Waals surface area contributed by atoms with Gasteiger partial charge in [0.1, 0.15) is 0 Å². The number of aromatic nitrogens is 3. The Hall–Kier alpha value is -2.50. The van der Waals surface area contributed by atoms with Crippen LogP contribution in [0.1, 0.15) is 11.4 Å². The molecule has 0 aliphatic heterocycles. The second-order valence-corrected chi connectivity index (χ2v) is 3.29. The van der Waals surface area contributed by atoms with E-state index in [9.17, 15) is 0 Å². The first-order valence-electron chi connectivity index (χ1n) is 4.66. The molecule has 0 amide bonds. The molecule has 0 aliphatic carbocycles. The summed E-state index contributed by atoms with van der Waals surface area (Å²) in [6, 6.07) is 7.43. The van der Waals surface area contributed by atoms with Gasteiger partial charge in [0.05, 0.1) is 0 Å². The third-order valence-corrected chi connectivity index (χ3v) is 2.11. The Balaban J connectivity index is 2.21. The topological polar surface area (TPSA) is 109 Å². The Morgan fingerprint density at radius 2 is 1.69 bits per heavy atom. The van der Waals surface area contributed by atoms with Gasteiger partial charge in [-0.15, -0.1) is 10.2 Å². The Bertz CT molecular complexity index is 511. The summed E-state index contributed by atoms with van der Waals surface area (Å²) in [6.45, 7) is 0. The highest BCUT2D eigenvalue weighted by molar-refractivity contribution is 5.68. The molecular formula is C10H12N6. The summed E-state index contributed by atoms with van der Waals surface area (Å²) in [7, 11) is 0. The van der Waals surface area contributed by atoms with Crippen molar-refractivity contribution in [3.63, 3.8) is 0 Å². The zero-order valence-electron chi connectivity index (χ0n) is 8.54. The summed E-state index contributed by atoms with van der Waals surface area (Å²) < 4.78 is 1.22. The largest absolute Gasteiger partial charge is 0.399 e. The van der Waals surface area contributed by atoms with Crippen LogP contribution in [0.15, 0.2) is 24.3 Å². The first-order valence-corrected chi connectivity index (χ1v) is 4.66. The molecule has 0 saturated carbocycles. The van der Waals surface area contributed by atoms with Crippen molar-refractivity contribution in [2.45, 2.75) is 0 Å². The van der Waals surface area contributed by atoms with Crippen molar-refractivity contribution in [2.24, 2.45) is 0 Å². The van der Waals surface area contributed by atoms with E-state index in [-0.39, 0.29) is 5.95 Å². The maximum Gasteiger partial charge on any atom is 0.241 e. The molecule has 6 heteroatoms. The van der Waals surface area contributed by atoms with E-state index in [1.165, 1.54) is 4.68 Å². The molecule has 2 rings (SSSR count). The summed E-state index contributed by atoms with van der Waals surface area (Å²) in [5.41, 5.74) is 12.7. The van der Waals surface area contributed by atoms with Crippen molar-refractivity contribution < 1.29 is 0 Å². The van der Waals surface area contributed by atoms with Crippen LogP contribution in [-0.4, -0.2) is 14.9 Å². The fourth-order valence-corrected chi connectivity index (χ4v) is 1.21. The second-order valence-electron chi connectivity index (χ2n) is 3.29. The lowest BCUT2D eigenvalue weighted by molar-refractivity contribution is 0.991. The minimum Gasteiger partial charge on any atom is -0.399 e. The molecule has 6 N–H and O–H groups in total. The van der Waals surface area contributed by atoms with Gasteiger partial charge in [-0.1, -0.05) is 18.2 Å². The number of rotatable bonds is 2. The highest BCUT2D eigenvalue weighted by atomic mass is 15.4. The molecule has 0 aliphatic rings. The number of benzene rings is 1. The van der Waals surface area contributed by atoms with Gasteiger partial charge < -0.3 is 17.3 Å². The highest BCUT2D eigenvalue weighted by Crippen LogP contribution is 2.09. The van der Waals surface area contributed by atoms with Crippen molar-refractivity contribution in [1.29, 1.82) is 0 Å². The molecule has 1 aromatic carbocycles. The number of hydrogen-bond acceptors (Lipinski definition) is 5. The van der Waals surface area contributed by atoms with Crippen LogP contribution in [-0.2, 0) is 0 Å². The van der Waals surface area contributed by atoms with Crippen LogP contribution < -0.4 is 17.3 Å². The third kappa shape index (κ3) is 1.95. The van der Waals surface area contributed by atoms with Crippen LogP contribution in [0.2, 0.25) is 0 Å². The number of nitrogens with two attached hydrogens (primary N) is 3. The molecule has 1 aromatic heterocycles. The molecule has 0 bridgehead atoms. The number of nitrogens with zero attached hydrogens (tertiary/aromatic N) is 3. The number of anilines is 2. The lowest BCUT2D eigenvalue weighted by Crippen LogP contribution is -2.13. The van der Waals surface area contributed by atoms with Crippen molar-refractivity contribution in [3.8, 4) is 0 Å². The van der Waals surface area contributed by atoms with Gasteiger partial charge in [0.2, 0.25) is 5.95 Å². The van der Waals surface area contributed by atoms with Gasteiger partial charge in [-0.3, -0.25) is 0 Å². The molecule has 6 nitrogen and oxygen atoms in total. The second kappa shape index (κ2) is 3.93. The van der Waals surface area contributed by atoms with Crippen LogP contribution in [0.4, 0.5) is 11.6 Å². The van der Waals surface area contributed by atoms with Crippen LogP contribution in [0.5, 0.6) is 0 Å². The molecule has 0 spiro atoms. The molecule has 2 aromatic rings. The normalized spacial score (nSPS) is 11.0. The zero-order valence-corrected chi connectivity index (χ0v) is 8.54. The van der Waals surface area contributed by atoms with Crippen LogP contribution >= 0.6 is 0 Å². The van der Waals surface area contributed by atoms with E-state index in [0.717, 1.165) is 11.3 Å². The molecule has 0 atom stereocenters. The third-order valence-electron chi connectivity index (χ3n) is 2.11. The van der Waals surface area contributed by atoms with E-state index in [2.05, 4.69) is 10.2 Å². The summed E-state index contributed by atoms with van der Waals surface area (Å²) in [4.78, 5) is 0. The van der Waals surface area contributed by atoms with Crippen LogP contribution in [0.25, 0.3) is 12.2 Å². The molecule has 0 saturated heterocycles. The van der Waals surface area contributed by atoms with E-state index in [1.807, 2.05) is 30.3 Å². The summed E-state index contributed by atoms with van der Waals surface area (Å²) in [6.07, 6.45) is 3.58. The molecule has 0 unspecified atom stereocenters. The maximum atomic E-state index is 5.59. The highest BCUT2D eigenvalue weighted by Gasteiger charge is 2.01. The molecule has 16 heavy (non-hydrogen) atoms. The standard InChI is InChI=1S/C10H12N6/c11-8-4-1-7(2-5-8)3-6-9-14-15-10(12)16(9)13/h1-6H,11,13H2,(H2,12,15)/b6-3+. The van der Waals surface area contributed by atoms with Crippen LogP contribution in [0, 0.1) is 0 Å². The first kappa shape index (κ1) is 10.0. The first-order chi connectivity index (χ1) is 7.66. The van der Waals surface area contributed by atoms with Crippen molar-refractivity contribution in [1.82, 2.24) is 14.9 Å². The minimum absolute atomic E-state index is 0.178. The summed E-state index contributed by atoms with van der Waals surface area (Å²) in [5.74, 6) is 6.26. The van der Waals surface area contributed by atoms with Gasteiger partial charge in [0.15, 0.2) is 5.82 Å². The lowest BCUT2D eigenvalue weighted by Gasteiger charge is -1.96. The Labute approximate surface area is 92.3 Å². The monoisotopic (exact) mass is 216 g/mol. The average molecular weight is 216 g/mol. The Kier molecular flexibility index (Phi) is 2.47. The van der Waals surface area contributed by atoms with Gasteiger partial charge in [-0.2, -0.15) is 0 Å². The lowest BCUT2D eigenvalue weighted by atomic mass is 10.2. The SMILES string of the molecule is Nc1ccc(/C=C/c2nnc(N)n2N)cc1. The predicted molar refractivity (Wildman–Crippen MR) is 64.4 cm³/mol. The van der Waals surface area contributed by atoms with Crippen LogP contribution in [0.3, 0.4) is 0 Å². The fourth-order valence-electron chi connectivity index (χ4n) is 1.21. The number of hydrogen-bond donors (Lipinski definition) is 3. The molecule has 1 heterocycles. The van der Waals surface area contributed by atoms with Crippen molar-refractivity contribution in [2.75, 3.05) is 17.3 Å². The van der Waals surface area contributed by atoms with E-state index in [1.54, 1.807) is 6.08 Å². The van der Waals surface area contributed by atoms with E-state index < -0.39 is 0 Å².